The largest absolute Gasteiger partial charge is 0.378 e. The van der Waals surface area contributed by atoms with Crippen molar-refractivity contribution in [3.05, 3.63) is 50.8 Å². The van der Waals surface area contributed by atoms with Crippen molar-refractivity contribution in [2.75, 3.05) is 19.0 Å². The Morgan fingerprint density at radius 3 is 2.53 bits per heavy atom. The lowest BCUT2D eigenvalue weighted by Crippen LogP contribution is -2.11. The number of nitrogens with zero attached hydrogens (tertiary/aromatic N) is 1. The zero-order chi connectivity index (χ0) is 14.2. The molecular weight excluding hydrogens is 308 g/mol. The molecule has 2 rings (SSSR count). The molecule has 102 valence electrons. The van der Waals surface area contributed by atoms with E-state index < -0.39 is 0 Å². The first-order valence-corrected chi connectivity index (χ1v) is 6.91. The molecule has 0 spiro atoms. The van der Waals surface area contributed by atoms with E-state index in [2.05, 4.69) is 0 Å². The van der Waals surface area contributed by atoms with Crippen molar-refractivity contribution in [1.29, 1.82) is 0 Å². The summed E-state index contributed by atoms with van der Waals surface area (Å²) < 4.78 is 14.0. The first kappa shape index (κ1) is 14.7. The highest BCUT2D eigenvalue weighted by Gasteiger charge is 2.25. The van der Waals surface area contributed by atoms with Crippen LogP contribution in [-0.2, 0) is 0 Å². The molecule has 5 heteroatoms. The summed E-state index contributed by atoms with van der Waals surface area (Å²) in [7, 11) is 3.80. The van der Waals surface area contributed by atoms with E-state index >= 15 is 0 Å². The van der Waals surface area contributed by atoms with Gasteiger partial charge in [-0.25, -0.2) is 4.39 Å². The number of anilines is 1. The number of hydrogen-bond donors (Lipinski definition) is 0. The normalized spacial score (nSPS) is 19.5. The van der Waals surface area contributed by atoms with Crippen LogP contribution in [0.25, 0.3) is 0 Å². The molecule has 19 heavy (non-hydrogen) atoms. The standard InChI is InChI=1S/C14H13Cl3FN/c1-19(2)8-3-4-14(18)10(5-8)9-6-12(16)13(17)7-11(9)15/h3-5,7,9H,6H2,1-2H3. The van der Waals surface area contributed by atoms with Crippen LogP contribution in [0.1, 0.15) is 17.9 Å². The molecule has 0 amide bonds. The minimum Gasteiger partial charge on any atom is -0.378 e. The Labute approximate surface area is 127 Å². The minimum absolute atomic E-state index is 0.281. The van der Waals surface area contributed by atoms with E-state index in [4.69, 9.17) is 34.8 Å². The lowest BCUT2D eigenvalue weighted by atomic mass is 9.91. The van der Waals surface area contributed by atoms with Gasteiger partial charge in [0.05, 0.1) is 5.03 Å². The molecule has 1 unspecified atom stereocenters. The summed E-state index contributed by atoms with van der Waals surface area (Å²) in [5, 5.41) is 1.43. The molecule has 1 aliphatic rings. The Morgan fingerprint density at radius 2 is 1.89 bits per heavy atom. The Hall–Kier alpha value is -0.700. The van der Waals surface area contributed by atoms with Crippen molar-refractivity contribution in [2.24, 2.45) is 0 Å². The zero-order valence-electron chi connectivity index (χ0n) is 10.6. The van der Waals surface area contributed by atoms with Crippen LogP contribution in [0.2, 0.25) is 0 Å². The van der Waals surface area contributed by atoms with Crippen LogP contribution in [0.3, 0.4) is 0 Å². The van der Waals surface area contributed by atoms with Gasteiger partial charge in [0.15, 0.2) is 0 Å². The maximum atomic E-state index is 14.0. The Balaban J connectivity index is 2.43. The molecule has 0 bridgehead atoms. The lowest BCUT2D eigenvalue weighted by molar-refractivity contribution is 0.597. The van der Waals surface area contributed by atoms with Crippen molar-refractivity contribution < 1.29 is 4.39 Å². The molecule has 0 fully saturated rings. The van der Waals surface area contributed by atoms with E-state index in [9.17, 15) is 4.39 Å². The van der Waals surface area contributed by atoms with Gasteiger partial charge in [-0.1, -0.05) is 34.8 Å². The summed E-state index contributed by atoms with van der Waals surface area (Å²) in [5.74, 6) is -0.568. The fourth-order valence-corrected chi connectivity index (χ4v) is 2.77. The monoisotopic (exact) mass is 319 g/mol. The predicted octanol–water partition coefficient (Wildman–Crippen LogP) is 5.19. The van der Waals surface area contributed by atoms with Crippen LogP contribution < -0.4 is 4.90 Å². The molecule has 0 N–H and O–H groups in total. The first-order valence-electron chi connectivity index (χ1n) is 5.78. The average molecular weight is 321 g/mol. The van der Waals surface area contributed by atoms with Crippen LogP contribution >= 0.6 is 34.8 Å². The molecule has 1 nitrogen and oxygen atoms in total. The average Bonchev–Trinajstić information content (AvgIpc) is 2.34. The fraction of sp³-hybridized carbons (Fsp3) is 0.286. The minimum atomic E-state index is -0.287. The SMILES string of the molecule is CN(C)c1ccc(F)c(C2CC(Cl)=C(Cl)C=C2Cl)c1. The number of allylic oxidation sites excluding steroid dienone is 4. The molecule has 1 aromatic rings. The van der Waals surface area contributed by atoms with E-state index in [1.807, 2.05) is 19.0 Å². The maximum Gasteiger partial charge on any atom is 0.127 e. The van der Waals surface area contributed by atoms with Gasteiger partial charge in [0.1, 0.15) is 5.82 Å². The van der Waals surface area contributed by atoms with Crippen molar-refractivity contribution in [1.82, 2.24) is 0 Å². The van der Waals surface area contributed by atoms with E-state index in [1.165, 1.54) is 6.07 Å². The second-order valence-corrected chi connectivity index (χ2v) is 5.94. The molecular formula is C14H13Cl3FN. The molecule has 0 saturated carbocycles. The van der Waals surface area contributed by atoms with Crippen LogP contribution in [-0.4, -0.2) is 14.1 Å². The van der Waals surface area contributed by atoms with Gasteiger partial charge in [-0.05, 0) is 36.3 Å². The summed E-state index contributed by atoms with van der Waals surface area (Å²) in [6, 6.07) is 4.96. The van der Waals surface area contributed by atoms with E-state index in [0.29, 0.717) is 27.1 Å². The van der Waals surface area contributed by atoms with Crippen LogP contribution in [0.5, 0.6) is 0 Å². The highest BCUT2D eigenvalue weighted by Crippen LogP contribution is 2.42. The van der Waals surface area contributed by atoms with Crippen LogP contribution in [0.4, 0.5) is 10.1 Å². The number of hydrogen-bond acceptors (Lipinski definition) is 1. The third-order valence-corrected chi connectivity index (χ3v) is 4.28. The fourth-order valence-electron chi connectivity index (χ4n) is 2.01. The first-order chi connectivity index (χ1) is 8.90. The van der Waals surface area contributed by atoms with Crippen molar-refractivity contribution >= 4 is 40.5 Å². The summed E-state index contributed by atoms with van der Waals surface area (Å²) in [5.41, 5.74) is 1.45. The van der Waals surface area contributed by atoms with Gasteiger partial charge >= 0.3 is 0 Å². The highest BCUT2D eigenvalue weighted by atomic mass is 35.5. The topological polar surface area (TPSA) is 3.24 Å². The van der Waals surface area contributed by atoms with Gasteiger partial charge in [-0.3, -0.25) is 0 Å². The second-order valence-electron chi connectivity index (χ2n) is 4.64. The Morgan fingerprint density at radius 1 is 1.21 bits per heavy atom. The maximum absolute atomic E-state index is 14.0. The summed E-state index contributed by atoms with van der Waals surface area (Å²) in [6.45, 7) is 0. The smallest absolute Gasteiger partial charge is 0.127 e. The summed E-state index contributed by atoms with van der Waals surface area (Å²) in [6.07, 6.45) is 2.00. The molecule has 1 atom stereocenters. The van der Waals surface area contributed by atoms with Crippen LogP contribution in [0, 0.1) is 5.82 Å². The van der Waals surface area contributed by atoms with Gasteiger partial charge in [-0.2, -0.15) is 0 Å². The third-order valence-electron chi connectivity index (χ3n) is 3.11. The number of benzene rings is 1. The van der Waals surface area contributed by atoms with Crippen LogP contribution in [0.15, 0.2) is 39.4 Å². The predicted molar refractivity (Wildman–Crippen MR) is 80.8 cm³/mol. The van der Waals surface area contributed by atoms with Gasteiger partial charge < -0.3 is 4.90 Å². The third kappa shape index (κ3) is 3.07. The van der Waals surface area contributed by atoms with Crippen molar-refractivity contribution in [3.63, 3.8) is 0 Å². The number of rotatable bonds is 2. The van der Waals surface area contributed by atoms with Gasteiger partial charge in [-0.15, -0.1) is 0 Å². The van der Waals surface area contributed by atoms with E-state index in [1.54, 1.807) is 18.2 Å². The van der Waals surface area contributed by atoms with Gasteiger partial charge in [0.25, 0.3) is 0 Å². The molecule has 0 heterocycles. The van der Waals surface area contributed by atoms with Crippen molar-refractivity contribution in [3.8, 4) is 0 Å². The molecule has 0 radical (unpaired) electrons. The van der Waals surface area contributed by atoms with Gasteiger partial charge in [0.2, 0.25) is 0 Å². The summed E-state index contributed by atoms with van der Waals surface area (Å²) in [4.78, 5) is 1.91. The Kier molecular flexibility index (Phi) is 4.44. The van der Waals surface area contributed by atoms with Crippen molar-refractivity contribution in [2.45, 2.75) is 12.3 Å². The molecule has 0 saturated heterocycles. The molecule has 1 aromatic carbocycles. The number of halogens is 4. The molecule has 0 aliphatic heterocycles. The van der Waals surface area contributed by atoms with E-state index in [0.717, 1.165) is 5.69 Å². The van der Waals surface area contributed by atoms with Gasteiger partial charge in [0, 0.05) is 35.8 Å². The second kappa shape index (κ2) is 5.74. The molecule has 0 aromatic heterocycles. The lowest BCUT2D eigenvalue weighted by Gasteiger charge is -2.23. The zero-order valence-corrected chi connectivity index (χ0v) is 12.8. The Bertz CT molecular complexity index is 564. The molecule has 1 aliphatic carbocycles. The quantitative estimate of drug-likeness (QED) is 0.724. The van der Waals surface area contributed by atoms with E-state index in [-0.39, 0.29) is 11.7 Å². The highest BCUT2D eigenvalue weighted by molar-refractivity contribution is 6.42. The summed E-state index contributed by atoms with van der Waals surface area (Å²) >= 11 is 18.1.